The van der Waals surface area contributed by atoms with E-state index >= 15 is 0 Å². The minimum atomic E-state index is -0.567. The molecule has 1 aromatic carbocycles. The van der Waals surface area contributed by atoms with Crippen LogP contribution in [0.2, 0.25) is 0 Å². The number of nitrogens with two attached hydrogens (primary N) is 1. The minimum Gasteiger partial charge on any atom is -0.355 e. The number of carbonyl (C=O) groups excluding carboxylic acids is 2. The van der Waals surface area contributed by atoms with E-state index in [1.54, 1.807) is 32.2 Å². The second-order valence-electron chi connectivity index (χ2n) is 4.82. The molecule has 0 bridgehead atoms. The molecule has 0 saturated carbocycles. The normalized spacial score (nSPS) is 12.1. The van der Waals surface area contributed by atoms with Crippen LogP contribution < -0.4 is 16.4 Å². The molecule has 104 valence electrons. The second-order valence-corrected chi connectivity index (χ2v) is 4.82. The van der Waals surface area contributed by atoms with Crippen LogP contribution in [-0.4, -0.2) is 24.9 Å². The van der Waals surface area contributed by atoms with Crippen LogP contribution in [0.25, 0.3) is 0 Å². The van der Waals surface area contributed by atoms with Gasteiger partial charge in [0.05, 0.1) is 6.04 Å². The van der Waals surface area contributed by atoms with Crippen molar-refractivity contribution in [3.63, 3.8) is 0 Å². The Hall–Kier alpha value is -1.88. The lowest BCUT2D eigenvalue weighted by Crippen LogP contribution is -2.40. The minimum absolute atomic E-state index is 0.0578. The topological polar surface area (TPSA) is 84.2 Å². The van der Waals surface area contributed by atoms with E-state index in [2.05, 4.69) is 10.6 Å². The maximum Gasteiger partial charge on any atom is 0.251 e. The Morgan fingerprint density at radius 3 is 2.42 bits per heavy atom. The van der Waals surface area contributed by atoms with Gasteiger partial charge in [-0.25, -0.2) is 0 Å². The Bertz CT molecular complexity index is 484. The van der Waals surface area contributed by atoms with Crippen molar-refractivity contribution in [3.8, 4) is 0 Å². The molecule has 0 aliphatic heterocycles. The van der Waals surface area contributed by atoms with Crippen molar-refractivity contribution in [1.82, 2.24) is 5.32 Å². The van der Waals surface area contributed by atoms with Crippen LogP contribution in [0.5, 0.6) is 0 Å². The molecule has 0 radical (unpaired) electrons. The molecule has 0 saturated heterocycles. The Balaban J connectivity index is 2.97. The predicted molar refractivity (Wildman–Crippen MR) is 76.0 cm³/mol. The van der Waals surface area contributed by atoms with E-state index in [-0.39, 0.29) is 17.7 Å². The smallest absolute Gasteiger partial charge is 0.251 e. The largest absolute Gasteiger partial charge is 0.355 e. The molecule has 1 rings (SSSR count). The molecule has 19 heavy (non-hydrogen) atoms. The SMILES string of the molecule is CNC(=O)c1cccc(NC(=O)[C@@H](N)C(C)C)c1C. The van der Waals surface area contributed by atoms with Gasteiger partial charge in [0.1, 0.15) is 0 Å². The summed E-state index contributed by atoms with van der Waals surface area (Å²) < 4.78 is 0. The molecule has 1 atom stereocenters. The highest BCUT2D eigenvalue weighted by molar-refractivity contribution is 6.00. The fourth-order valence-corrected chi connectivity index (χ4v) is 1.67. The predicted octanol–water partition coefficient (Wildman–Crippen LogP) is 1.28. The molecule has 0 aliphatic carbocycles. The highest BCUT2D eigenvalue weighted by atomic mass is 16.2. The van der Waals surface area contributed by atoms with E-state index in [9.17, 15) is 9.59 Å². The number of anilines is 1. The quantitative estimate of drug-likeness (QED) is 0.765. The first-order valence-corrected chi connectivity index (χ1v) is 6.26. The molecule has 0 unspecified atom stereocenters. The standard InChI is InChI=1S/C14H21N3O2/c1-8(2)12(15)14(19)17-11-7-5-6-10(9(11)3)13(18)16-4/h5-8,12H,15H2,1-4H3,(H,16,18)(H,17,19)/t12-/m0/s1. The van der Waals surface area contributed by atoms with Crippen molar-refractivity contribution in [2.24, 2.45) is 11.7 Å². The zero-order chi connectivity index (χ0) is 14.6. The first-order valence-electron chi connectivity index (χ1n) is 6.26. The van der Waals surface area contributed by atoms with Gasteiger partial charge in [-0.3, -0.25) is 9.59 Å². The summed E-state index contributed by atoms with van der Waals surface area (Å²) >= 11 is 0. The van der Waals surface area contributed by atoms with E-state index < -0.39 is 6.04 Å². The summed E-state index contributed by atoms with van der Waals surface area (Å²) in [6.45, 7) is 5.57. The van der Waals surface area contributed by atoms with Crippen molar-refractivity contribution in [2.45, 2.75) is 26.8 Å². The molecule has 0 spiro atoms. The van der Waals surface area contributed by atoms with E-state index in [1.165, 1.54) is 0 Å². The molecular weight excluding hydrogens is 242 g/mol. The van der Waals surface area contributed by atoms with Crippen LogP contribution in [0.1, 0.15) is 29.8 Å². The van der Waals surface area contributed by atoms with Crippen LogP contribution in [0, 0.1) is 12.8 Å². The average molecular weight is 263 g/mol. The van der Waals surface area contributed by atoms with Gasteiger partial charge >= 0.3 is 0 Å². The number of amides is 2. The third kappa shape index (κ3) is 3.54. The van der Waals surface area contributed by atoms with Crippen molar-refractivity contribution < 1.29 is 9.59 Å². The van der Waals surface area contributed by atoms with Crippen molar-refractivity contribution in [1.29, 1.82) is 0 Å². The van der Waals surface area contributed by atoms with Gasteiger partial charge < -0.3 is 16.4 Å². The molecule has 4 N–H and O–H groups in total. The molecule has 2 amide bonds. The fraction of sp³-hybridized carbons (Fsp3) is 0.429. The third-order valence-corrected chi connectivity index (χ3v) is 3.08. The van der Waals surface area contributed by atoms with Gasteiger partial charge in [0.15, 0.2) is 0 Å². The van der Waals surface area contributed by atoms with Gasteiger partial charge in [-0.2, -0.15) is 0 Å². The lowest BCUT2D eigenvalue weighted by atomic mass is 10.0. The molecule has 5 heteroatoms. The third-order valence-electron chi connectivity index (χ3n) is 3.08. The number of rotatable bonds is 4. The number of hydrogen-bond acceptors (Lipinski definition) is 3. The first-order chi connectivity index (χ1) is 8.88. The van der Waals surface area contributed by atoms with Crippen LogP contribution in [0.4, 0.5) is 5.69 Å². The van der Waals surface area contributed by atoms with Gasteiger partial charge in [0.25, 0.3) is 5.91 Å². The summed E-state index contributed by atoms with van der Waals surface area (Å²) in [4.78, 5) is 23.6. The molecule has 0 aliphatic rings. The van der Waals surface area contributed by atoms with E-state index in [0.717, 1.165) is 5.56 Å². The summed E-state index contributed by atoms with van der Waals surface area (Å²) in [6, 6.07) is 4.63. The van der Waals surface area contributed by atoms with Gasteiger partial charge in [0, 0.05) is 18.3 Å². The number of hydrogen-bond donors (Lipinski definition) is 3. The van der Waals surface area contributed by atoms with Crippen LogP contribution in [0.15, 0.2) is 18.2 Å². The summed E-state index contributed by atoms with van der Waals surface area (Å²) in [5.74, 6) is -0.364. The number of benzene rings is 1. The molecule has 0 heterocycles. The average Bonchev–Trinajstić information content (AvgIpc) is 2.39. The summed E-state index contributed by atoms with van der Waals surface area (Å²) in [5.41, 5.74) is 7.67. The van der Waals surface area contributed by atoms with Gasteiger partial charge in [-0.15, -0.1) is 0 Å². The van der Waals surface area contributed by atoms with E-state index in [4.69, 9.17) is 5.73 Å². The maximum atomic E-state index is 11.9. The Morgan fingerprint density at radius 2 is 1.89 bits per heavy atom. The Kier molecular flexibility index (Phi) is 5.06. The van der Waals surface area contributed by atoms with Crippen molar-refractivity contribution in [3.05, 3.63) is 29.3 Å². The van der Waals surface area contributed by atoms with Gasteiger partial charge in [-0.05, 0) is 30.5 Å². The van der Waals surface area contributed by atoms with Crippen molar-refractivity contribution >= 4 is 17.5 Å². The second kappa shape index (κ2) is 6.33. The number of carbonyl (C=O) groups is 2. The number of nitrogens with one attached hydrogen (secondary N) is 2. The van der Waals surface area contributed by atoms with Crippen LogP contribution >= 0.6 is 0 Å². The highest BCUT2D eigenvalue weighted by Gasteiger charge is 2.19. The van der Waals surface area contributed by atoms with Crippen molar-refractivity contribution in [2.75, 3.05) is 12.4 Å². The molecular formula is C14H21N3O2. The van der Waals surface area contributed by atoms with Gasteiger partial charge in [0.2, 0.25) is 5.91 Å². The summed E-state index contributed by atoms with van der Waals surface area (Å²) in [7, 11) is 1.57. The molecule has 1 aromatic rings. The van der Waals surface area contributed by atoms with Crippen LogP contribution in [-0.2, 0) is 4.79 Å². The fourth-order valence-electron chi connectivity index (χ4n) is 1.67. The highest BCUT2D eigenvalue weighted by Crippen LogP contribution is 2.19. The monoisotopic (exact) mass is 263 g/mol. The van der Waals surface area contributed by atoms with E-state index in [1.807, 2.05) is 13.8 Å². The Labute approximate surface area is 113 Å². The van der Waals surface area contributed by atoms with Gasteiger partial charge in [-0.1, -0.05) is 19.9 Å². The van der Waals surface area contributed by atoms with E-state index in [0.29, 0.717) is 11.3 Å². The lowest BCUT2D eigenvalue weighted by molar-refractivity contribution is -0.118. The lowest BCUT2D eigenvalue weighted by Gasteiger charge is -2.17. The summed E-state index contributed by atoms with van der Waals surface area (Å²) in [6.07, 6.45) is 0. The molecule has 0 aromatic heterocycles. The molecule has 5 nitrogen and oxygen atoms in total. The Morgan fingerprint density at radius 1 is 1.26 bits per heavy atom. The zero-order valence-electron chi connectivity index (χ0n) is 11.8. The zero-order valence-corrected chi connectivity index (χ0v) is 11.8. The van der Waals surface area contributed by atoms with Crippen LogP contribution in [0.3, 0.4) is 0 Å². The summed E-state index contributed by atoms with van der Waals surface area (Å²) in [5, 5.41) is 5.33. The molecule has 0 fully saturated rings. The maximum absolute atomic E-state index is 11.9. The first kappa shape index (κ1) is 15.2.